The van der Waals surface area contributed by atoms with Gasteiger partial charge < -0.3 is 15.1 Å². The number of hydrogen-bond donors (Lipinski definition) is 1. The Morgan fingerprint density at radius 2 is 2.14 bits per heavy atom. The number of carbonyl (C=O) groups is 2. The molecular weight excluding hydrogens is 364 g/mol. The van der Waals surface area contributed by atoms with E-state index in [4.69, 9.17) is 0 Å². The molecule has 152 valence electrons. The van der Waals surface area contributed by atoms with Crippen LogP contribution in [-0.4, -0.2) is 47.7 Å². The number of benzene rings is 1. The number of fused-ring (bicyclic) bond motifs is 2. The Bertz CT molecular complexity index is 917. The van der Waals surface area contributed by atoms with Gasteiger partial charge in [0.25, 0.3) is 5.91 Å². The number of allylic oxidation sites excluding steroid dienone is 2. The van der Waals surface area contributed by atoms with Crippen LogP contribution in [0.4, 0.5) is 5.69 Å². The summed E-state index contributed by atoms with van der Waals surface area (Å²) in [5, 5.41) is 3.05. The quantitative estimate of drug-likeness (QED) is 0.783. The summed E-state index contributed by atoms with van der Waals surface area (Å²) in [6.45, 7) is 6.31. The zero-order valence-electron chi connectivity index (χ0n) is 17.1. The van der Waals surface area contributed by atoms with E-state index in [1.807, 2.05) is 37.1 Å². The molecule has 3 heterocycles. The van der Waals surface area contributed by atoms with Gasteiger partial charge in [0.05, 0.1) is 6.42 Å². The second-order valence-electron chi connectivity index (χ2n) is 8.22. The third-order valence-electron chi connectivity index (χ3n) is 5.94. The number of anilines is 1. The highest BCUT2D eigenvalue weighted by atomic mass is 16.2. The minimum absolute atomic E-state index is 0.0824. The van der Waals surface area contributed by atoms with Crippen LogP contribution in [0, 0.1) is 0 Å². The van der Waals surface area contributed by atoms with Gasteiger partial charge in [0, 0.05) is 31.5 Å². The maximum Gasteiger partial charge on any atom is 0.250 e. The first-order chi connectivity index (χ1) is 14.0. The molecular formula is C23H28N4O2. The predicted molar refractivity (Wildman–Crippen MR) is 115 cm³/mol. The fraction of sp³-hybridized carbons (Fsp3) is 0.435. The number of carbonyl (C=O) groups excluding carboxylic acids is 2. The van der Waals surface area contributed by atoms with E-state index in [1.165, 1.54) is 17.7 Å². The van der Waals surface area contributed by atoms with Crippen LogP contribution in [0.2, 0.25) is 0 Å². The fourth-order valence-corrected chi connectivity index (χ4v) is 4.34. The topological polar surface area (TPSA) is 65.0 Å². The summed E-state index contributed by atoms with van der Waals surface area (Å²) in [4.78, 5) is 33.5. The van der Waals surface area contributed by atoms with Crippen molar-refractivity contribution < 1.29 is 9.59 Å². The number of nitrogens with one attached hydrogen (secondary N) is 1. The van der Waals surface area contributed by atoms with Crippen molar-refractivity contribution in [3.05, 3.63) is 53.8 Å². The smallest absolute Gasteiger partial charge is 0.250 e. The molecule has 1 N–H and O–H groups in total. The minimum Gasteiger partial charge on any atom is -0.371 e. The van der Waals surface area contributed by atoms with Gasteiger partial charge in [0.1, 0.15) is 11.4 Å². The van der Waals surface area contributed by atoms with Gasteiger partial charge in [0.15, 0.2) is 0 Å². The molecule has 0 radical (unpaired) electrons. The molecule has 1 unspecified atom stereocenters. The largest absolute Gasteiger partial charge is 0.371 e. The average molecular weight is 393 g/mol. The van der Waals surface area contributed by atoms with E-state index in [0.29, 0.717) is 12.4 Å². The van der Waals surface area contributed by atoms with Gasteiger partial charge >= 0.3 is 0 Å². The van der Waals surface area contributed by atoms with Crippen LogP contribution in [0.1, 0.15) is 38.7 Å². The first-order valence-corrected chi connectivity index (χ1v) is 10.4. The molecule has 1 aromatic rings. The Balaban J connectivity index is 1.35. The summed E-state index contributed by atoms with van der Waals surface area (Å²) in [6, 6.07) is 8.56. The average Bonchev–Trinajstić information content (AvgIpc) is 2.70. The summed E-state index contributed by atoms with van der Waals surface area (Å²) < 4.78 is 0. The van der Waals surface area contributed by atoms with Crippen molar-refractivity contribution in [2.75, 3.05) is 24.5 Å². The van der Waals surface area contributed by atoms with Crippen molar-refractivity contribution in [3.8, 4) is 0 Å². The normalized spacial score (nSPS) is 23.2. The first kappa shape index (κ1) is 19.4. The second-order valence-corrected chi connectivity index (χ2v) is 8.22. The lowest BCUT2D eigenvalue weighted by molar-refractivity contribution is -0.134. The van der Waals surface area contributed by atoms with Crippen molar-refractivity contribution in [2.24, 2.45) is 4.99 Å². The summed E-state index contributed by atoms with van der Waals surface area (Å²) in [7, 11) is 0. The molecule has 3 aliphatic heterocycles. The lowest BCUT2D eigenvalue weighted by Gasteiger charge is -2.42. The van der Waals surface area contributed by atoms with Crippen LogP contribution in [0.25, 0.3) is 0 Å². The van der Waals surface area contributed by atoms with Crippen molar-refractivity contribution in [2.45, 2.75) is 45.1 Å². The molecule has 6 heteroatoms. The van der Waals surface area contributed by atoms with Crippen molar-refractivity contribution in [3.63, 3.8) is 0 Å². The van der Waals surface area contributed by atoms with Gasteiger partial charge in [-0.05, 0) is 62.5 Å². The Hall–Kier alpha value is -2.89. The number of aliphatic imine (C=N–C) groups is 1. The molecule has 29 heavy (non-hydrogen) atoms. The number of aryl methyl sites for hydroxylation is 1. The molecule has 0 saturated heterocycles. The Morgan fingerprint density at radius 3 is 3.00 bits per heavy atom. The molecule has 4 rings (SSSR count). The van der Waals surface area contributed by atoms with E-state index in [0.717, 1.165) is 31.5 Å². The molecule has 1 atom stereocenters. The Kier molecular flexibility index (Phi) is 5.26. The van der Waals surface area contributed by atoms with E-state index in [2.05, 4.69) is 39.5 Å². The van der Waals surface area contributed by atoms with Crippen LogP contribution in [0.5, 0.6) is 0 Å². The number of para-hydroxylation sites is 1. The standard InChI is InChI=1S/C23H28N4O2/c1-17-10-14-27-20(15-17)25-21(28)16-23(27,2)22(29)24-11-6-13-26-12-5-8-18-7-3-4-9-19(18)26/h3-4,7,9-10,14-15H,5-6,8,11-13,16H2,1-2H3,(H,24,29). The zero-order chi connectivity index (χ0) is 20.4. The van der Waals surface area contributed by atoms with E-state index < -0.39 is 5.54 Å². The molecule has 3 aliphatic rings. The monoisotopic (exact) mass is 392 g/mol. The highest BCUT2D eigenvalue weighted by molar-refractivity contribution is 6.09. The van der Waals surface area contributed by atoms with E-state index >= 15 is 0 Å². The summed E-state index contributed by atoms with van der Waals surface area (Å²) >= 11 is 0. The second kappa shape index (κ2) is 7.85. The third-order valence-corrected chi connectivity index (χ3v) is 5.94. The highest BCUT2D eigenvalue weighted by Crippen LogP contribution is 2.29. The number of amides is 2. The van der Waals surface area contributed by atoms with Gasteiger partial charge in [-0.2, -0.15) is 4.99 Å². The number of rotatable bonds is 5. The first-order valence-electron chi connectivity index (χ1n) is 10.4. The van der Waals surface area contributed by atoms with Crippen molar-refractivity contribution in [1.82, 2.24) is 10.2 Å². The fourth-order valence-electron chi connectivity index (χ4n) is 4.34. The number of nitrogens with zero attached hydrogens (tertiary/aromatic N) is 3. The van der Waals surface area contributed by atoms with Crippen LogP contribution in [0.15, 0.2) is 53.2 Å². The molecule has 0 bridgehead atoms. The van der Waals surface area contributed by atoms with E-state index in [9.17, 15) is 9.59 Å². The molecule has 0 spiro atoms. The molecule has 6 nitrogen and oxygen atoms in total. The maximum atomic E-state index is 13.0. The Labute approximate surface area is 172 Å². The van der Waals surface area contributed by atoms with Crippen molar-refractivity contribution in [1.29, 1.82) is 0 Å². The van der Waals surface area contributed by atoms with Crippen molar-refractivity contribution >= 4 is 23.3 Å². The summed E-state index contributed by atoms with van der Waals surface area (Å²) in [5.41, 5.74) is 2.79. The van der Waals surface area contributed by atoms with E-state index in [-0.39, 0.29) is 18.2 Å². The van der Waals surface area contributed by atoms with Crippen LogP contribution in [-0.2, 0) is 16.0 Å². The maximum absolute atomic E-state index is 13.0. The molecule has 2 amide bonds. The van der Waals surface area contributed by atoms with Gasteiger partial charge in [-0.1, -0.05) is 18.2 Å². The molecule has 0 saturated carbocycles. The van der Waals surface area contributed by atoms with Crippen LogP contribution < -0.4 is 10.2 Å². The minimum atomic E-state index is -0.945. The van der Waals surface area contributed by atoms with Gasteiger partial charge in [-0.15, -0.1) is 0 Å². The van der Waals surface area contributed by atoms with Crippen LogP contribution >= 0.6 is 0 Å². The SMILES string of the molecule is CC1=CC2=NC(=O)CC(C)(C(=O)NCCCN3CCCc4ccccc43)N2C=C1. The lowest BCUT2D eigenvalue weighted by atomic mass is 9.90. The molecule has 0 aliphatic carbocycles. The summed E-state index contributed by atoms with van der Waals surface area (Å²) in [6.07, 6.45) is 8.88. The van der Waals surface area contributed by atoms with Gasteiger partial charge in [-0.3, -0.25) is 9.59 Å². The molecule has 0 aromatic heterocycles. The third kappa shape index (κ3) is 3.84. The van der Waals surface area contributed by atoms with Gasteiger partial charge in [-0.25, -0.2) is 0 Å². The highest BCUT2D eigenvalue weighted by Gasteiger charge is 2.45. The van der Waals surface area contributed by atoms with Crippen LogP contribution in [0.3, 0.4) is 0 Å². The summed E-state index contributed by atoms with van der Waals surface area (Å²) in [5.74, 6) is 0.164. The van der Waals surface area contributed by atoms with E-state index in [1.54, 1.807) is 0 Å². The van der Waals surface area contributed by atoms with Gasteiger partial charge in [0.2, 0.25) is 5.91 Å². The number of amidine groups is 1. The zero-order valence-corrected chi connectivity index (χ0v) is 17.1. The lowest BCUT2D eigenvalue weighted by Crippen LogP contribution is -2.60. The molecule has 0 fully saturated rings. The molecule has 1 aromatic carbocycles. The predicted octanol–water partition coefficient (Wildman–Crippen LogP) is 2.81. The number of hydrogen-bond acceptors (Lipinski definition) is 4. The Morgan fingerprint density at radius 1 is 1.31 bits per heavy atom.